The van der Waals surface area contributed by atoms with Crippen molar-refractivity contribution in [2.75, 3.05) is 6.54 Å². The van der Waals surface area contributed by atoms with Crippen LogP contribution < -0.4 is 5.32 Å². The van der Waals surface area contributed by atoms with Crippen molar-refractivity contribution in [1.29, 1.82) is 0 Å². The molecular formula is C8H13NY-2. The molecule has 0 bridgehead atoms. The van der Waals surface area contributed by atoms with E-state index in [4.69, 9.17) is 0 Å². The third-order valence-corrected chi connectivity index (χ3v) is 1.52. The molecule has 0 aromatic heterocycles. The standard InChI is InChI=1S/C8H13N.Y/c1-2-5-8-6-3-4-7-9-8;/h2,5-6,8-9H,1,3-4,7H2;/q-2;/b5-2-;. The summed E-state index contributed by atoms with van der Waals surface area (Å²) in [6, 6.07) is 0.483. The Morgan fingerprint density at radius 3 is 2.90 bits per heavy atom. The fraction of sp³-hybridized carbons (Fsp3) is 0.500. The van der Waals surface area contributed by atoms with E-state index in [-0.39, 0.29) is 32.7 Å². The van der Waals surface area contributed by atoms with Crippen molar-refractivity contribution in [3.63, 3.8) is 0 Å². The van der Waals surface area contributed by atoms with Crippen LogP contribution >= 0.6 is 0 Å². The van der Waals surface area contributed by atoms with Crippen LogP contribution in [0.3, 0.4) is 0 Å². The first-order chi connectivity index (χ1) is 4.43. The molecular weight excluding hydrogens is 199 g/mol. The molecule has 1 aliphatic heterocycles. The topological polar surface area (TPSA) is 12.0 Å². The van der Waals surface area contributed by atoms with Crippen LogP contribution in [-0.2, 0) is 32.7 Å². The third-order valence-electron chi connectivity index (χ3n) is 1.52. The van der Waals surface area contributed by atoms with Crippen molar-refractivity contribution in [2.45, 2.75) is 18.9 Å². The van der Waals surface area contributed by atoms with Gasteiger partial charge in [0, 0.05) is 32.7 Å². The molecule has 0 saturated carbocycles. The maximum Gasteiger partial charge on any atom is 0 e. The Morgan fingerprint density at radius 1 is 1.60 bits per heavy atom. The van der Waals surface area contributed by atoms with Gasteiger partial charge in [-0.15, -0.1) is 0 Å². The Balaban J connectivity index is 0.000000810. The first-order valence-corrected chi connectivity index (χ1v) is 3.46. The smallest absolute Gasteiger partial charge is 0 e. The molecule has 1 aliphatic rings. The van der Waals surface area contributed by atoms with Gasteiger partial charge in [-0.05, 0) is 6.54 Å². The summed E-state index contributed by atoms with van der Waals surface area (Å²) in [5.74, 6) is 0. The molecule has 1 nitrogen and oxygen atoms in total. The monoisotopic (exact) mass is 212 g/mol. The molecule has 1 radical (unpaired) electrons. The number of hydrogen-bond acceptors (Lipinski definition) is 1. The second-order valence-corrected chi connectivity index (χ2v) is 2.29. The second-order valence-electron chi connectivity index (χ2n) is 2.29. The van der Waals surface area contributed by atoms with Crippen LogP contribution in [0.5, 0.6) is 0 Å². The van der Waals surface area contributed by atoms with Gasteiger partial charge in [0.2, 0.25) is 0 Å². The van der Waals surface area contributed by atoms with Crippen LogP contribution in [0.1, 0.15) is 12.8 Å². The number of allylic oxidation sites excluding steroid dienone is 1. The summed E-state index contributed by atoms with van der Waals surface area (Å²) in [6.45, 7) is 4.78. The Morgan fingerprint density at radius 2 is 2.40 bits per heavy atom. The van der Waals surface area contributed by atoms with Gasteiger partial charge >= 0.3 is 0 Å². The molecule has 55 valence electrons. The van der Waals surface area contributed by atoms with Gasteiger partial charge in [0.15, 0.2) is 0 Å². The van der Waals surface area contributed by atoms with E-state index in [0.29, 0.717) is 6.04 Å². The molecule has 0 aromatic rings. The van der Waals surface area contributed by atoms with Crippen molar-refractivity contribution in [1.82, 2.24) is 5.32 Å². The molecule has 1 fully saturated rings. The van der Waals surface area contributed by atoms with E-state index in [9.17, 15) is 0 Å². The fourth-order valence-electron chi connectivity index (χ4n) is 1.04. The van der Waals surface area contributed by atoms with E-state index >= 15 is 0 Å². The second kappa shape index (κ2) is 6.39. The molecule has 1 atom stereocenters. The zero-order chi connectivity index (χ0) is 6.53. The quantitative estimate of drug-likeness (QED) is 0.646. The molecule has 0 amide bonds. The number of hydrogen-bond donors (Lipinski definition) is 1. The van der Waals surface area contributed by atoms with E-state index in [2.05, 4.69) is 24.7 Å². The first kappa shape index (κ1) is 10.7. The molecule has 0 aliphatic carbocycles. The van der Waals surface area contributed by atoms with E-state index in [1.54, 1.807) is 0 Å². The van der Waals surface area contributed by atoms with Crippen LogP contribution in [-0.4, -0.2) is 12.6 Å². The van der Waals surface area contributed by atoms with Gasteiger partial charge in [-0.3, -0.25) is 0 Å². The van der Waals surface area contributed by atoms with Crippen molar-refractivity contribution in [3.8, 4) is 0 Å². The minimum atomic E-state index is 0. The van der Waals surface area contributed by atoms with Crippen molar-refractivity contribution in [2.24, 2.45) is 0 Å². The van der Waals surface area contributed by atoms with Gasteiger partial charge in [-0.1, -0.05) is 6.42 Å². The van der Waals surface area contributed by atoms with E-state index in [0.717, 1.165) is 6.54 Å². The fourth-order valence-corrected chi connectivity index (χ4v) is 1.04. The molecule has 1 saturated heterocycles. The van der Waals surface area contributed by atoms with Crippen LogP contribution in [0, 0.1) is 13.3 Å². The SMILES string of the molecule is [CH2-]/C=C\C1[CH-]CCCN1.[Y]. The molecule has 0 spiro atoms. The van der Waals surface area contributed by atoms with Crippen LogP contribution in [0.2, 0.25) is 0 Å². The number of piperidine rings is 1. The summed E-state index contributed by atoms with van der Waals surface area (Å²) >= 11 is 0. The Kier molecular flexibility index (Phi) is 6.82. The summed E-state index contributed by atoms with van der Waals surface area (Å²) in [7, 11) is 0. The maximum absolute atomic E-state index is 3.64. The van der Waals surface area contributed by atoms with Crippen LogP contribution in [0.4, 0.5) is 0 Å². The summed E-state index contributed by atoms with van der Waals surface area (Å²) in [5.41, 5.74) is 0. The predicted octanol–water partition coefficient (Wildman–Crippen LogP) is 1.33. The minimum absolute atomic E-state index is 0. The average Bonchev–Trinajstić information content (AvgIpc) is 1.91. The minimum Gasteiger partial charge on any atom is -0.356 e. The number of nitrogens with one attached hydrogen (secondary N) is 1. The van der Waals surface area contributed by atoms with E-state index in [1.165, 1.54) is 12.8 Å². The molecule has 1 rings (SSSR count). The van der Waals surface area contributed by atoms with Gasteiger partial charge in [0.05, 0.1) is 0 Å². The Bertz CT molecular complexity index is 95.4. The van der Waals surface area contributed by atoms with Gasteiger partial charge in [-0.2, -0.15) is 12.5 Å². The Hall–Kier alpha value is 0.674. The van der Waals surface area contributed by atoms with E-state index in [1.807, 2.05) is 6.08 Å². The molecule has 2 heteroatoms. The van der Waals surface area contributed by atoms with Crippen molar-refractivity contribution in [3.05, 3.63) is 25.5 Å². The normalized spacial score (nSPS) is 26.2. The summed E-state index contributed by atoms with van der Waals surface area (Å²) < 4.78 is 0. The predicted molar refractivity (Wildman–Crippen MR) is 39.8 cm³/mol. The average molecular weight is 212 g/mol. The zero-order valence-corrected chi connectivity index (χ0v) is 9.05. The summed E-state index contributed by atoms with van der Waals surface area (Å²) in [6.07, 6.45) is 8.73. The maximum atomic E-state index is 3.64. The van der Waals surface area contributed by atoms with Crippen molar-refractivity contribution < 1.29 is 32.7 Å². The van der Waals surface area contributed by atoms with Gasteiger partial charge < -0.3 is 11.7 Å². The first-order valence-electron chi connectivity index (χ1n) is 3.46. The molecule has 1 heterocycles. The van der Waals surface area contributed by atoms with Gasteiger partial charge in [-0.25, -0.2) is 19.1 Å². The summed E-state index contributed by atoms with van der Waals surface area (Å²) in [4.78, 5) is 0. The number of rotatable bonds is 1. The summed E-state index contributed by atoms with van der Waals surface area (Å²) in [5, 5.41) is 3.34. The third kappa shape index (κ3) is 3.75. The molecule has 0 aromatic carbocycles. The van der Waals surface area contributed by atoms with Crippen LogP contribution in [0.15, 0.2) is 12.2 Å². The van der Waals surface area contributed by atoms with Gasteiger partial charge in [0.1, 0.15) is 0 Å². The van der Waals surface area contributed by atoms with Crippen molar-refractivity contribution >= 4 is 0 Å². The molecule has 1 N–H and O–H groups in total. The van der Waals surface area contributed by atoms with E-state index < -0.39 is 0 Å². The van der Waals surface area contributed by atoms with Gasteiger partial charge in [0.25, 0.3) is 0 Å². The Labute approximate surface area is 88.5 Å². The molecule has 1 unspecified atom stereocenters. The zero-order valence-electron chi connectivity index (χ0n) is 6.22. The molecule has 10 heavy (non-hydrogen) atoms. The largest absolute Gasteiger partial charge is 0.356 e. The van der Waals surface area contributed by atoms with Crippen LogP contribution in [0.25, 0.3) is 0 Å².